The number of aliphatic imine (C=N–C) groups is 1. The summed E-state index contributed by atoms with van der Waals surface area (Å²) in [5.74, 6) is 1.59. The van der Waals surface area contributed by atoms with Crippen LogP contribution in [-0.4, -0.2) is 43.9 Å². The van der Waals surface area contributed by atoms with E-state index in [0.29, 0.717) is 13.0 Å². The molecule has 0 aliphatic carbocycles. The van der Waals surface area contributed by atoms with Gasteiger partial charge in [-0.1, -0.05) is 42.5 Å². The number of nitrogens with one attached hydrogen (secondary N) is 2. The zero-order valence-corrected chi connectivity index (χ0v) is 18.4. The molecular weight excluding hydrogens is 453 g/mol. The van der Waals surface area contributed by atoms with Crippen LogP contribution in [0.2, 0.25) is 0 Å². The summed E-state index contributed by atoms with van der Waals surface area (Å²) in [7, 11) is 1.67. The van der Waals surface area contributed by atoms with Crippen molar-refractivity contribution in [3.8, 4) is 5.75 Å². The number of hydrogen-bond acceptors (Lipinski definition) is 3. The summed E-state index contributed by atoms with van der Waals surface area (Å²) < 4.78 is 5.17. The first-order valence-corrected chi connectivity index (χ1v) is 9.08. The van der Waals surface area contributed by atoms with Crippen LogP contribution >= 0.6 is 24.0 Å². The maximum atomic E-state index is 10.2. The lowest BCUT2D eigenvalue weighted by Gasteiger charge is -2.13. The summed E-state index contributed by atoms with van der Waals surface area (Å²) in [6.07, 6.45) is 1.01. The van der Waals surface area contributed by atoms with Gasteiger partial charge in [-0.25, -0.2) is 0 Å². The molecular formula is C21H30IN3O2. The van der Waals surface area contributed by atoms with E-state index in [1.807, 2.05) is 49.4 Å². The fourth-order valence-corrected chi connectivity index (χ4v) is 2.61. The van der Waals surface area contributed by atoms with Crippen LogP contribution in [0.1, 0.15) is 18.1 Å². The maximum Gasteiger partial charge on any atom is 0.191 e. The molecule has 3 N–H and O–H groups in total. The molecule has 0 saturated heterocycles. The van der Waals surface area contributed by atoms with Crippen molar-refractivity contribution in [1.82, 2.24) is 10.6 Å². The van der Waals surface area contributed by atoms with E-state index in [4.69, 9.17) is 4.74 Å². The lowest BCUT2D eigenvalue weighted by atomic mass is 10.1. The topological polar surface area (TPSA) is 65.9 Å². The Morgan fingerprint density at radius 3 is 2.37 bits per heavy atom. The number of aliphatic hydroxyl groups excluding tert-OH is 1. The largest absolute Gasteiger partial charge is 0.497 e. The van der Waals surface area contributed by atoms with Gasteiger partial charge in [0.1, 0.15) is 5.75 Å². The highest BCUT2D eigenvalue weighted by Crippen LogP contribution is 2.11. The van der Waals surface area contributed by atoms with Crippen molar-refractivity contribution in [2.75, 3.05) is 26.7 Å². The summed E-state index contributed by atoms with van der Waals surface area (Å²) in [5, 5.41) is 16.7. The normalized spacial score (nSPS) is 12.0. The first-order valence-electron chi connectivity index (χ1n) is 9.08. The van der Waals surface area contributed by atoms with Gasteiger partial charge in [-0.3, -0.25) is 4.99 Å². The Hall–Kier alpha value is -1.80. The van der Waals surface area contributed by atoms with E-state index in [-0.39, 0.29) is 24.0 Å². The predicted molar refractivity (Wildman–Crippen MR) is 122 cm³/mol. The average Bonchev–Trinajstić information content (AvgIpc) is 2.67. The van der Waals surface area contributed by atoms with E-state index in [9.17, 15) is 5.11 Å². The molecule has 2 rings (SSSR count). The van der Waals surface area contributed by atoms with Crippen molar-refractivity contribution in [2.45, 2.75) is 25.9 Å². The smallest absolute Gasteiger partial charge is 0.191 e. The molecule has 0 aliphatic rings. The number of ether oxygens (including phenoxy) is 1. The number of aliphatic hydroxyl groups is 1. The Kier molecular flexibility index (Phi) is 11.5. The van der Waals surface area contributed by atoms with Crippen molar-refractivity contribution >= 4 is 29.9 Å². The Balaban J connectivity index is 0.00000364. The molecule has 0 aromatic heterocycles. The average molecular weight is 483 g/mol. The van der Waals surface area contributed by atoms with Crippen LogP contribution < -0.4 is 15.4 Å². The van der Waals surface area contributed by atoms with Gasteiger partial charge in [-0.2, -0.15) is 0 Å². The Morgan fingerprint density at radius 2 is 1.74 bits per heavy atom. The van der Waals surface area contributed by atoms with Gasteiger partial charge in [0.15, 0.2) is 5.96 Å². The molecule has 6 heteroatoms. The van der Waals surface area contributed by atoms with Crippen LogP contribution in [0.25, 0.3) is 0 Å². The Labute approximate surface area is 179 Å². The summed E-state index contributed by atoms with van der Waals surface area (Å²) in [6, 6.07) is 18.0. The first-order chi connectivity index (χ1) is 12.7. The number of nitrogens with zero attached hydrogens (tertiary/aromatic N) is 1. The SMILES string of the molecule is CCNC(=NCC(O)Cc1ccccc1)NCCc1ccc(OC)cc1.I. The van der Waals surface area contributed by atoms with E-state index in [1.54, 1.807) is 7.11 Å². The summed E-state index contributed by atoms with van der Waals surface area (Å²) >= 11 is 0. The molecule has 148 valence electrons. The van der Waals surface area contributed by atoms with Gasteiger partial charge < -0.3 is 20.5 Å². The van der Waals surface area contributed by atoms with E-state index in [0.717, 1.165) is 36.8 Å². The standard InChI is InChI=1S/C21H29N3O2.HI/c1-3-22-21(23-14-13-17-9-11-20(26-2)12-10-17)24-16-19(25)15-18-7-5-4-6-8-18;/h4-12,19,25H,3,13-16H2,1-2H3,(H2,22,23,24);1H. The van der Waals surface area contributed by atoms with Crippen LogP contribution in [0.15, 0.2) is 59.6 Å². The molecule has 27 heavy (non-hydrogen) atoms. The second kappa shape index (κ2) is 13.4. The van der Waals surface area contributed by atoms with Gasteiger partial charge in [0.05, 0.1) is 19.8 Å². The molecule has 0 radical (unpaired) electrons. The number of rotatable bonds is 9. The Morgan fingerprint density at radius 1 is 1.04 bits per heavy atom. The highest BCUT2D eigenvalue weighted by Gasteiger charge is 2.06. The molecule has 0 bridgehead atoms. The molecule has 1 atom stereocenters. The van der Waals surface area contributed by atoms with Gasteiger partial charge in [-0.05, 0) is 36.6 Å². The first kappa shape index (κ1) is 23.2. The monoisotopic (exact) mass is 483 g/mol. The minimum atomic E-state index is -0.491. The predicted octanol–water partition coefficient (Wildman–Crippen LogP) is 3.01. The second-order valence-electron chi connectivity index (χ2n) is 6.09. The van der Waals surface area contributed by atoms with Crippen LogP contribution in [0.5, 0.6) is 5.75 Å². The van der Waals surface area contributed by atoms with Crippen molar-refractivity contribution in [3.63, 3.8) is 0 Å². The van der Waals surface area contributed by atoms with Crippen molar-refractivity contribution < 1.29 is 9.84 Å². The minimum Gasteiger partial charge on any atom is -0.497 e. The highest BCUT2D eigenvalue weighted by atomic mass is 127. The van der Waals surface area contributed by atoms with Gasteiger partial charge >= 0.3 is 0 Å². The van der Waals surface area contributed by atoms with Gasteiger partial charge in [0.2, 0.25) is 0 Å². The van der Waals surface area contributed by atoms with Crippen molar-refractivity contribution in [1.29, 1.82) is 0 Å². The molecule has 2 aromatic rings. The minimum absolute atomic E-state index is 0. The summed E-state index contributed by atoms with van der Waals surface area (Å²) in [6.45, 7) is 3.95. The van der Waals surface area contributed by atoms with Crippen LogP contribution in [-0.2, 0) is 12.8 Å². The van der Waals surface area contributed by atoms with Crippen LogP contribution in [0.4, 0.5) is 0 Å². The molecule has 1 unspecified atom stereocenters. The highest BCUT2D eigenvalue weighted by molar-refractivity contribution is 14.0. The molecule has 0 aliphatic heterocycles. The number of halogens is 1. The van der Waals surface area contributed by atoms with E-state index >= 15 is 0 Å². The molecule has 0 amide bonds. The third-order valence-corrected chi connectivity index (χ3v) is 3.98. The molecule has 0 saturated carbocycles. The molecule has 2 aromatic carbocycles. The number of benzene rings is 2. The number of hydrogen-bond donors (Lipinski definition) is 3. The lowest BCUT2D eigenvalue weighted by Crippen LogP contribution is -2.39. The van der Waals surface area contributed by atoms with E-state index in [2.05, 4.69) is 27.8 Å². The van der Waals surface area contributed by atoms with Crippen molar-refractivity contribution in [3.05, 3.63) is 65.7 Å². The van der Waals surface area contributed by atoms with Gasteiger partial charge in [0.25, 0.3) is 0 Å². The third kappa shape index (κ3) is 9.10. The zero-order valence-electron chi connectivity index (χ0n) is 16.0. The van der Waals surface area contributed by atoms with Crippen LogP contribution in [0.3, 0.4) is 0 Å². The van der Waals surface area contributed by atoms with Gasteiger partial charge in [0, 0.05) is 19.5 Å². The third-order valence-electron chi connectivity index (χ3n) is 3.98. The van der Waals surface area contributed by atoms with E-state index in [1.165, 1.54) is 5.56 Å². The molecule has 0 spiro atoms. The lowest BCUT2D eigenvalue weighted by molar-refractivity contribution is 0.183. The molecule has 0 heterocycles. The quantitative estimate of drug-likeness (QED) is 0.292. The van der Waals surface area contributed by atoms with Crippen LogP contribution in [0, 0.1) is 0 Å². The zero-order chi connectivity index (χ0) is 18.6. The molecule has 5 nitrogen and oxygen atoms in total. The summed E-state index contributed by atoms with van der Waals surface area (Å²) in [5.41, 5.74) is 2.35. The van der Waals surface area contributed by atoms with E-state index < -0.39 is 6.10 Å². The van der Waals surface area contributed by atoms with Gasteiger partial charge in [-0.15, -0.1) is 24.0 Å². The fourth-order valence-electron chi connectivity index (χ4n) is 2.61. The summed E-state index contributed by atoms with van der Waals surface area (Å²) in [4.78, 5) is 4.49. The number of methoxy groups -OCH3 is 1. The maximum absolute atomic E-state index is 10.2. The van der Waals surface area contributed by atoms with Crippen molar-refractivity contribution in [2.24, 2.45) is 4.99 Å². The number of guanidine groups is 1. The fraction of sp³-hybridized carbons (Fsp3) is 0.381. The second-order valence-corrected chi connectivity index (χ2v) is 6.09. The molecule has 0 fully saturated rings. The Bertz CT molecular complexity index is 663.